The van der Waals surface area contributed by atoms with Gasteiger partial charge in [-0.25, -0.2) is 0 Å². The second-order valence-corrected chi connectivity index (χ2v) is 3.29. The van der Waals surface area contributed by atoms with Crippen LogP contribution in [0.25, 0.3) is 0 Å². The SMILES string of the molecule is Cn1cccc1CNCc1ccco1. The topological polar surface area (TPSA) is 30.1 Å². The summed E-state index contributed by atoms with van der Waals surface area (Å²) < 4.78 is 7.32. The highest BCUT2D eigenvalue weighted by Gasteiger charge is 1.97. The molecule has 0 radical (unpaired) electrons. The predicted octanol–water partition coefficient (Wildman–Crippen LogP) is 1.91. The van der Waals surface area contributed by atoms with Crippen LogP contribution in [0.3, 0.4) is 0 Å². The molecule has 0 amide bonds. The molecule has 2 heterocycles. The van der Waals surface area contributed by atoms with Gasteiger partial charge in [0.2, 0.25) is 0 Å². The van der Waals surface area contributed by atoms with Crippen molar-refractivity contribution in [2.45, 2.75) is 13.1 Å². The van der Waals surface area contributed by atoms with Crippen molar-refractivity contribution in [3.63, 3.8) is 0 Å². The summed E-state index contributed by atoms with van der Waals surface area (Å²) in [6, 6.07) is 8.02. The van der Waals surface area contributed by atoms with Crippen LogP contribution in [0.2, 0.25) is 0 Å². The maximum Gasteiger partial charge on any atom is 0.117 e. The fraction of sp³-hybridized carbons (Fsp3) is 0.273. The quantitative estimate of drug-likeness (QED) is 0.798. The van der Waals surface area contributed by atoms with E-state index in [1.54, 1.807) is 6.26 Å². The van der Waals surface area contributed by atoms with Crippen molar-refractivity contribution in [1.29, 1.82) is 0 Å². The first-order chi connectivity index (χ1) is 6.86. The number of nitrogens with one attached hydrogen (secondary N) is 1. The molecule has 3 nitrogen and oxygen atoms in total. The maximum atomic E-state index is 5.21. The smallest absolute Gasteiger partial charge is 0.117 e. The van der Waals surface area contributed by atoms with E-state index in [4.69, 9.17) is 4.42 Å². The number of nitrogens with zero attached hydrogens (tertiary/aromatic N) is 1. The van der Waals surface area contributed by atoms with Gasteiger partial charge in [-0.15, -0.1) is 0 Å². The Balaban J connectivity index is 1.81. The molecule has 0 spiro atoms. The average molecular weight is 190 g/mol. The zero-order chi connectivity index (χ0) is 9.80. The third-order valence-corrected chi connectivity index (χ3v) is 2.24. The van der Waals surface area contributed by atoms with Gasteiger partial charge < -0.3 is 14.3 Å². The van der Waals surface area contributed by atoms with Gasteiger partial charge in [-0.05, 0) is 24.3 Å². The van der Waals surface area contributed by atoms with Crippen molar-refractivity contribution >= 4 is 0 Å². The molecule has 3 heteroatoms. The summed E-state index contributed by atoms with van der Waals surface area (Å²) in [6.07, 6.45) is 3.74. The summed E-state index contributed by atoms with van der Waals surface area (Å²) in [5, 5.41) is 3.32. The summed E-state index contributed by atoms with van der Waals surface area (Å²) >= 11 is 0. The lowest BCUT2D eigenvalue weighted by Crippen LogP contribution is -2.14. The summed E-state index contributed by atoms with van der Waals surface area (Å²) in [6.45, 7) is 1.64. The molecule has 0 atom stereocenters. The van der Waals surface area contributed by atoms with Crippen LogP contribution in [0.5, 0.6) is 0 Å². The number of aryl methyl sites for hydroxylation is 1. The summed E-state index contributed by atoms with van der Waals surface area (Å²) in [5.74, 6) is 0.971. The molecule has 0 saturated carbocycles. The Labute approximate surface area is 83.3 Å². The number of hydrogen-bond acceptors (Lipinski definition) is 2. The fourth-order valence-electron chi connectivity index (χ4n) is 1.41. The lowest BCUT2D eigenvalue weighted by atomic mass is 10.4. The molecule has 0 fully saturated rings. The van der Waals surface area contributed by atoms with Crippen LogP contribution >= 0.6 is 0 Å². The molecular formula is C11H14N2O. The molecule has 2 rings (SSSR count). The fourth-order valence-corrected chi connectivity index (χ4v) is 1.41. The molecule has 0 unspecified atom stereocenters. The van der Waals surface area contributed by atoms with Crippen LogP contribution in [0, 0.1) is 0 Å². The molecule has 1 N–H and O–H groups in total. The van der Waals surface area contributed by atoms with Gasteiger partial charge in [-0.2, -0.15) is 0 Å². The zero-order valence-electron chi connectivity index (χ0n) is 8.23. The summed E-state index contributed by atoms with van der Waals surface area (Å²) in [7, 11) is 2.05. The molecule has 0 aromatic carbocycles. The average Bonchev–Trinajstić information content (AvgIpc) is 2.78. The van der Waals surface area contributed by atoms with Crippen LogP contribution < -0.4 is 5.32 Å². The van der Waals surface area contributed by atoms with Crippen LogP contribution in [-0.2, 0) is 20.1 Å². The Morgan fingerprint density at radius 3 is 2.86 bits per heavy atom. The van der Waals surface area contributed by atoms with Gasteiger partial charge in [0.1, 0.15) is 5.76 Å². The van der Waals surface area contributed by atoms with Gasteiger partial charge in [0, 0.05) is 25.5 Å². The van der Waals surface area contributed by atoms with Gasteiger partial charge in [0.15, 0.2) is 0 Å². The van der Waals surface area contributed by atoms with Gasteiger partial charge >= 0.3 is 0 Å². The first-order valence-electron chi connectivity index (χ1n) is 4.69. The first-order valence-corrected chi connectivity index (χ1v) is 4.69. The van der Waals surface area contributed by atoms with Gasteiger partial charge in [0.05, 0.1) is 12.8 Å². The van der Waals surface area contributed by atoms with E-state index in [0.717, 1.165) is 18.8 Å². The van der Waals surface area contributed by atoms with Crippen LogP contribution in [0.15, 0.2) is 41.1 Å². The second-order valence-electron chi connectivity index (χ2n) is 3.29. The Kier molecular flexibility index (Phi) is 2.70. The van der Waals surface area contributed by atoms with Crippen molar-refractivity contribution < 1.29 is 4.42 Å². The van der Waals surface area contributed by atoms with E-state index in [9.17, 15) is 0 Å². The standard InChI is InChI=1S/C11H14N2O/c1-13-6-2-4-10(13)8-12-9-11-5-3-7-14-11/h2-7,12H,8-9H2,1H3. The first kappa shape index (κ1) is 9.09. The highest BCUT2D eigenvalue weighted by atomic mass is 16.3. The lowest BCUT2D eigenvalue weighted by molar-refractivity contribution is 0.480. The number of rotatable bonds is 4. The molecule has 0 aliphatic carbocycles. The Morgan fingerprint density at radius 2 is 2.21 bits per heavy atom. The summed E-state index contributed by atoms with van der Waals surface area (Å²) in [5.41, 5.74) is 1.27. The molecule has 0 aliphatic rings. The lowest BCUT2D eigenvalue weighted by Gasteiger charge is -2.03. The number of aromatic nitrogens is 1. The van der Waals surface area contributed by atoms with E-state index < -0.39 is 0 Å². The number of hydrogen-bond donors (Lipinski definition) is 1. The maximum absolute atomic E-state index is 5.21. The van der Waals surface area contributed by atoms with E-state index >= 15 is 0 Å². The van der Waals surface area contributed by atoms with Crippen molar-refractivity contribution in [3.05, 3.63) is 48.2 Å². The molecule has 0 saturated heterocycles. The summed E-state index contributed by atoms with van der Waals surface area (Å²) in [4.78, 5) is 0. The Hall–Kier alpha value is -1.48. The van der Waals surface area contributed by atoms with Gasteiger partial charge in [0.25, 0.3) is 0 Å². The van der Waals surface area contributed by atoms with Gasteiger partial charge in [-0.3, -0.25) is 0 Å². The molecule has 2 aromatic rings. The van der Waals surface area contributed by atoms with E-state index in [2.05, 4.69) is 16.0 Å². The zero-order valence-corrected chi connectivity index (χ0v) is 8.23. The minimum atomic E-state index is 0.776. The van der Waals surface area contributed by atoms with Crippen LogP contribution in [0.4, 0.5) is 0 Å². The molecule has 14 heavy (non-hydrogen) atoms. The highest BCUT2D eigenvalue weighted by Crippen LogP contribution is 2.01. The normalized spacial score (nSPS) is 10.6. The van der Waals surface area contributed by atoms with Gasteiger partial charge in [-0.1, -0.05) is 0 Å². The van der Waals surface area contributed by atoms with E-state index in [1.165, 1.54) is 5.69 Å². The molecule has 74 valence electrons. The minimum absolute atomic E-state index is 0.776. The minimum Gasteiger partial charge on any atom is -0.468 e. The van der Waals surface area contributed by atoms with Crippen LogP contribution in [-0.4, -0.2) is 4.57 Å². The van der Waals surface area contributed by atoms with E-state index in [0.29, 0.717) is 0 Å². The van der Waals surface area contributed by atoms with Crippen molar-refractivity contribution in [3.8, 4) is 0 Å². The van der Waals surface area contributed by atoms with Crippen molar-refractivity contribution in [1.82, 2.24) is 9.88 Å². The predicted molar refractivity (Wildman–Crippen MR) is 54.7 cm³/mol. The highest BCUT2D eigenvalue weighted by molar-refractivity contribution is 5.06. The third kappa shape index (κ3) is 2.06. The molecule has 0 bridgehead atoms. The van der Waals surface area contributed by atoms with Crippen LogP contribution in [0.1, 0.15) is 11.5 Å². The van der Waals surface area contributed by atoms with Crippen molar-refractivity contribution in [2.75, 3.05) is 0 Å². The molecular weight excluding hydrogens is 176 g/mol. The van der Waals surface area contributed by atoms with Crippen molar-refractivity contribution in [2.24, 2.45) is 7.05 Å². The van der Waals surface area contributed by atoms with E-state index in [-0.39, 0.29) is 0 Å². The van der Waals surface area contributed by atoms with E-state index in [1.807, 2.05) is 31.4 Å². The Morgan fingerprint density at radius 1 is 1.29 bits per heavy atom. The molecule has 2 aromatic heterocycles. The number of furan rings is 1. The largest absolute Gasteiger partial charge is 0.468 e. The molecule has 0 aliphatic heterocycles. The Bertz CT molecular complexity index is 376. The monoisotopic (exact) mass is 190 g/mol. The third-order valence-electron chi connectivity index (χ3n) is 2.24. The second kappa shape index (κ2) is 4.15.